The van der Waals surface area contributed by atoms with Crippen LogP contribution < -0.4 is 5.73 Å². The number of ether oxygens (including phenoxy) is 2. The number of pyridine rings is 1. The number of aromatic nitrogens is 1. The molecular weight excluding hydrogens is 270 g/mol. The lowest BCUT2D eigenvalue weighted by Gasteiger charge is -2.25. The van der Waals surface area contributed by atoms with E-state index in [4.69, 9.17) is 15.2 Å². The monoisotopic (exact) mass is 293 g/mol. The van der Waals surface area contributed by atoms with E-state index >= 15 is 0 Å². The van der Waals surface area contributed by atoms with Gasteiger partial charge in [-0.15, -0.1) is 0 Å². The SMILES string of the molecule is COCCN(Cc1ccccn1)C(=O)C1CCC(CN)O1. The molecule has 1 aromatic heterocycles. The number of hydrogen-bond donors (Lipinski definition) is 1. The Morgan fingerprint density at radius 1 is 1.52 bits per heavy atom. The van der Waals surface area contributed by atoms with E-state index < -0.39 is 0 Å². The number of nitrogens with two attached hydrogens (primary N) is 1. The Kier molecular flexibility index (Phi) is 6.10. The first kappa shape index (κ1) is 15.9. The van der Waals surface area contributed by atoms with Crippen molar-refractivity contribution in [2.24, 2.45) is 5.73 Å². The van der Waals surface area contributed by atoms with E-state index in [1.165, 1.54) is 0 Å². The van der Waals surface area contributed by atoms with Crippen LogP contribution in [0, 0.1) is 0 Å². The number of hydrogen-bond acceptors (Lipinski definition) is 5. The molecule has 1 amide bonds. The highest BCUT2D eigenvalue weighted by Crippen LogP contribution is 2.21. The minimum atomic E-state index is -0.390. The molecule has 1 fully saturated rings. The topological polar surface area (TPSA) is 77.7 Å². The van der Waals surface area contributed by atoms with Crippen molar-refractivity contribution in [3.05, 3.63) is 30.1 Å². The third kappa shape index (κ3) is 4.49. The predicted octanol–water partition coefficient (Wildman–Crippen LogP) is 0.563. The molecule has 2 atom stereocenters. The average Bonchev–Trinajstić information content (AvgIpc) is 3.00. The number of methoxy groups -OCH3 is 1. The van der Waals surface area contributed by atoms with Gasteiger partial charge in [-0.05, 0) is 25.0 Å². The van der Waals surface area contributed by atoms with Gasteiger partial charge < -0.3 is 20.1 Å². The van der Waals surface area contributed by atoms with Crippen LogP contribution in [0.25, 0.3) is 0 Å². The molecule has 116 valence electrons. The summed E-state index contributed by atoms with van der Waals surface area (Å²) in [5.41, 5.74) is 6.45. The maximum atomic E-state index is 12.6. The summed E-state index contributed by atoms with van der Waals surface area (Å²) >= 11 is 0. The third-order valence-electron chi connectivity index (χ3n) is 3.60. The molecule has 0 aromatic carbocycles. The summed E-state index contributed by atoms with van der Waals surface area (Å²) in [6.07, 6.45) is 2.91. The standard InChI is InChI=1S/C15H23N3O3/c1-20-9-8-18(11-12-4-2-3-7-17-12)15(19)14-6-5-13(10-16)21-14/h2-4,7,13-14H,5-6,8-11,16H2,1H3. The van der Waals surface area contributed by atoms with Crippen LogP contribution in [0.4, 0.5) is 0 Å². The Labute approximate surface area is 125 Å². The largest absolute Gasteiger partial charge is 0.383 e. The van der Waals surface area contributed by atoms with Crippen molar-refractivity contribution in [2.45, 2.75) is 31.6 Å². The molecule has 1 aliphatic heterocycles. The quantitative estimate of drug-likeness (QED) is 0.795. The molecule has 0 saturated carbocycles. The van der Waals surface area contributed by atoms with Gasteiger partial charge in [0.2, 0.25) is 0 Å². The van der Waals surface area contributed by atoms with E-state index in [-0.39, 0.29) is 18.1 Å². The zero-order valence-electron chi connectivity index (χ0n) is 12.4. The van der Waals surface area contributed by atoms with E-state index in [9.17, 15) is 4.79 Å². The maximum absolute atomic E-state index is 12.6. The van der Waals surface area contributed by atoms with Gasteiger partial charge >= 0.3 is 0 Å². The minimum absolute atomic E-state index is 0.00178. The second-order valence-electron chi connectivity index (χ2n) is 5.13. The molecule has 0 aliphatic carbocycles. The lowest BCUT2D eigenvalue weighted by Crippen LogP contribution is -2.41. The van der Waals surface area contributed by atoms with Crippen molar-refractivity contribution in [3.63, 3.8) is 0 Å². The molecule has 2 N–H and O–H groups in total. The zero-order valence-corrected chi connectivity index (χ0v) is 12.4. The van der Waals surface area contributed by atoms with Gasteiger partial charge in [-0.3, -0.25) is 9.78 Å². The van der Waals surface area contributed by atoms with E-state index in [0.717, 1.165) is 18.5 Å². The Bertz CT molecular complexity index is 441. The number of carbonyl (C=O) groups excluding carboxylic acids is 1. The fourth-order valence-electron chi connectivity index (χ4n) is 2.42. The third-order valence-corrected chi connectivity index (χ3v) is 3.60. The van der Waals surface area contributed by atoms with E-state index in [0.29, 0.717) is 26.2 Å². The number of amides is 1. The normalized spacial score (nSPS) is 21.4. The van der Waals surface area contributed by atoms with Crippen molar-refractivity contribution in [1.82, 2.24) is 9.88 Å². The van der Waals surface area contributed by atoms with Crippen LogP contribution in [0.1, 0.15) is 18.5 Å². The van der Waals surface area contributed by atoms with Crippen molar-refractivity contribution in [2.75, 3.05) is 26.8 Å². The molecule has 6 heteroatoms. The first-order valence-corrected chi connectivity index (χ1v) is 7.27. The van der Waals surface area contributed by atoms with Crippen LogP contribution in [0.3, 0.4) is 0 Å². The number of rotatable bonds is 7. The van der Waals surface area contributed by atoms with E-state index in [1.54, 1.807) is 18.2 Å². The molecule has 0 radical (unpaired) electrons. The predicted molar refractivity (Wildman–Crippen MR) is 78.5 cm³/mol. The second-order valence-corrected chi connectivity index (χ2v) is 5.13. The van der Waals surface area contributed by atoms with Crippen LogP contribution in [-0.4, -0.2) is 54.8 Å². The van der Waals surface area contributed by atoms with Crippen LogP contribution in [0.2, 0.25) is 0 Å². The lowest BCUT2D eigenvalue weighted by molar-refractivity contribution is -0.144. The molecule has 0 bridgehead atoms. The van der Waals surface area contributed by atoms with Crippen LogP contribution in [-0.2, 0) is 20.8 Å². The average molecular weight is 293 g/mol. The van der Waals surface area contributed by atoms with Gasteiger partial charge in [0, 0.05) is 26.4 Å². The molecule has 1 saturated heterocycles. The Morgan fingerprint density at radius 2 is 2.38 bits per heavy atom. The summed E-state index contributed by atoms with van der Waals surface area (Å²) in [6.45, 7) is 1.95. The summed E-state index contributed by atoms with van der Waals surface area (Å²) < 4.78 is 10.8. The van der Waals surface area contributed by atoms with Crippen LogP contribution >= 0.6 is 0 Å². The maximum Gasteiger partial charge on any atom is 0.252 e. The summed E-state index contributed by atoms with van der Waals surface area (Å²) in [5.74, 6) is -0.00588. The fourth-order valence-corrected chi connectivity index (χ4v) is 2.42. The van der Waals surface area contributed by atoms with Gasteiger partial charge in [-0.1, -0.05) is 6.07 Å². The second kappa shape index (κ2) is 8.07. The van der Waals surface area contributed by atoms with Crippen molar-refractivity contribution in [1.29, 1.82) is 0 Å². The summed E-state index contributed by atoms with van der Waals surface area (Å²) in [7, 11) is 1.62. The van der Waals surface area contributed by atoms with E-state index in [1.807, 2.05) is 18.2 Å². The molecular formula is C15H23N3O3. The summed E-state index contributed by atoms with van der Waals surface area (Å²) in [6, 6.07) is 5.68. The molecule has 2 rings (SSSR count). The fraction of sp³-hybridized carbons (Fsp3) is 0.600. The molecule has 1 aliphatic rings. The first-order chi connectivity index (χ1) is 10.2. The lowest BCUT2D eigenvalue weighted by atomic mass is 10.1. The molecule has 1 aromatic rings. The minimum Gasteiger partial charge on any atom is -0.383 e. The molecule has 21 heavy (non-hydrogen) atoms. The highest BCUT2D eigenvalue weighted by molar-refractivity contribution is 5.81. The van der Waals surface area contributed by atoms with Gasteiger partial charge in [0.25, 0.3) is 5.91 Å². The van der Waals surface area contributed by atoms with Crippen LogP contribution in [0.15, 0.2) is 24.4 Å². The number of nitrogens with zero attached hydrogens (tertiary/aromatic N) is 2. The van der Waals surface area contributed by atoms with Gasteiger partial charge in [-0.25, -0.2) is 0 Å². The smallest absolute Gasteiger partial charge is 0.252 e. The van der Waals surface area contributed by atoms with Gasteiger partial charge in [0.1, 0.15) is 6.10 Å². The van der Waals surface area contributed by atoms with Crippen molar-refractivity contribution < 1.29 is 14.3 Å². The van der Waals surface area contributed by atoms with Crippen LogP contribution in [0.5, 0.6) is 0 Å². The highest BCUT2D eigenvalue weighted by Gasteiger charge is 2.32. The Balaban J connectivity index is 1.99. The number of carbonyl (C=O) groups is 1. The summed E-state index contributed by atoms with van der Waals surface area (Å²) in [4.78, 5) is 18.6. The molecule has 0 spiro atoms. The van der Waals surface area contributed by atoms with Crippen molar-refractivity contribution in [3.8, 4) is 0 Å². The Hall–Kier alpha value is -1.50. The Morgan fingerprint density at radius 3 is 3.00 bits per heavy atom. The van der Waals surface area contributed by atoms with Gasteiger partial charge in [0.15, 0.2) is 0 Å². The van der Waals surface area contributed by atoms with E-state index in [2.05, 4.69) is 4.98 Å². The first-order valence-electron chi connectivity index (χ1n) is 7.27. The molecule has 6 nitrogen and oxygen atoms in total. The molecule has 2 heterocycles. The zero-order chi connectivity index (χ0) is 15.1. The molecule has 2 unspecified atom stereocenters. The summed E-state index contributed by atoms with van der Waals surface area (Å²) in [5, 5.41) is 0. The van der Waals surface area contributed by atoms with Gasteiger partial charge in [-0.2, -0.15) is 0 Å². The van der Waals surface area contributed by atoms with Crippen molar-refractivity contribution >= 4 is 5.91 Å². The highest BCUT2D eigenvalue weighted by atomic mass is 16.5. The van der Waals surface area contributed by atoms with Gasteiger partial charge in [0.05, 0.1) is 24.9 Å².